The first-order valence-electron chi connectivity index (χ1n) is 5.77. The lowest BCUT2D eigenvalue weighted by molar-refractivity contribution is 0.112. The highest BCUT2D eigenvalue weighted by atomic mass is 16.5. The molecule has 0 aliphatic carbocycles. The van der Waals surface area contributed by atoms with Crippen LogP contribution in [0.3, 0.4) is 0 Å². The van der Waals surface area contributed by atoms with Crippen LogP contribution in [-0.2, 0) is 7.05 Å². The number of nitrogens with zero attached hydrogens (tertiary/aromatic N) is 2. The van der Waals surface area contributed by atoms with Crippen molar-refractivity contribution in [1.82, 2.24) is 9.78 Å². The van der Waals surface area contributed by atoms with Gasteiger partial charge < -0.3 is 4.74 Å². The third-order valence-corrected chi connectivity index (χ3v) is 3.09. The summed E-state index contributed by atoms with van der Waals surface area (Å²) in [5.41, 5.74) is 3.39. The van der Waals surface area contributed by atoms with Gasteiger partial charge in [-0.05, 0) is 38.0 Å². The van der Waals surface area contributed by atoms with Crippen LogP contribution in [0.2, 0.25) is 0 Å². The highest BCUT2D eigenvalue weighted by Crippen LogP contribution is 2.29. The summed E-state index contributed by atoms with van der Waals surface area (Å²) in [6.07, 6.45) is 0.781. The predicted octanol–water partition coefficient (Wildman–Crippen LogP) is 2.95. The Morgan fingerprint density at radius 2 is 2.00 bits per heavy atom. The van der Waals surface area contributed by atoms with Crippen LogP contribution in [0.15, 0.2) is 18.2 Å². The smallest absolute Gasteiger partial charge is 0.228 e. The Labute approximate surface area is 106 Å². The highest BCUT2D eigenvalue weighted by molar-refractivity contribution is 5.80. The second kappa shape index (κ2) is 4.64. The Hall–Kier alpha value is -2.10. The second-order valence-electron chi connectivity index (χ2n) is 4.35. The molecule has 0 aliphatic rings. The topological polar surface area (TPSA) is 44.1 Å². The number of ether oxygens (including phenoxy) is 1. The van der Waals surface area contributed by atoms with E-state index in [0.29, 0.717) is 17.1 Å². The SMILES string of the molecule is Cc1cccc(Oc2c(C=O)c(C)nn2C)c1C. The van der Waals surface area contributed by atoms with Crippen molar-refractivity contribution in [2.75, 3.05) is 0 Å². The Bertz CT molecular complexity index is 600. The lowest BCUT2D eigenvalue weighted by Crippen LogP contribution is -1.98. The molecule has 18 heavy (non-hydrogen) atoms. The van der Waals surface area contributed by atoms with E-state index < -0.39 is 0 Å². The molecule has 0 aliphatic heterocycles. The standard InChI is InChI=1S/C14H16N2O2/c1-9-6-5-7-13(10(9)2)18-14-12(8-17)11(3)15-16(14)4/h5-8H,1-4H3. The molecule has 4 nitrogen and oxygen atoms in total. The first-order valence-corrected chi connectivity index (χ1v) is 5.77. The van der Waals surface area contributed by atoms with Gasteiger partial charge in [0.05, 0.1) is 11.3 Å². The van der Waals surface area contributed by atoms with Crippen molar-refractivity contribution in [2.24, 2.45) is 7.05 Å². The summed E-state index contributed by atoms with van der Waals surface area (Å²) in [4.78, 5) is 11.1. The summed E-state index contributed by atoms with van der Waals surface area (Å²) in [5.74, 6) is 1.23. The average molecular weight is 244 g/mol. The molecule has 0 N–H and O–H groups in total. The number of aryl methyl sites for hydroxylation is 3. The molecule has 0 amide bonds. The zero-order chi connectivity index (χ0) is 13.3. The van der Waals surface area contributed by atoms with Crippen LogP contribution < -0.4 is 4.74 Å². The monoisotopic (exact) mass is 244 g/mol. The number of aromatic nitrogens is 2. The maximum absolute atomic E-state index is 11.1. The van der Waals surface area contributed by atoms with Gasteiger partial charge in [0.1, 0.15) is 5.75 Å². The number of aldehydes is 1. The van der Waals surface area contributed by atoms with Gasteiger partial charge in [-0.25, -0.2) is 4.68 Å². The molecule has 0 bridgehead atoms. The van der Waals surface area contributed by atoms with Crippen molar-refractivity contribution in [3.63, 3.8) is 0 Å². The maximum atomic E-state index is 11.1. The molecule has 1 heterocycles. The van der Waals surface area contributed by atoms with E-state index in [4.69, 9.17) is 4.74 Å². The molecule has 1 aromatic heterocycles. The van der Waals surface area contributed by atoms with Gasteiger partial charge >= 0.3 is 0 Å². The fraction of sp³-hybridized carbons (Fsp3) is 0.286. The van der Waals surface area contributed by atoms with Crippen molar-refractivity contribution in [1.29, 1.82) is 0 Å². The molecule has 0 unspecified atom stereocenters. The lowest BCUT2D eigenvalue weighted by atomic mass is 10.1. The van der Waals surface area contributed by atoms with Gasteiger partial charge in [-0.15, -0.1) is 0 Å². The van der Waals surface area contributed by atoms with E-state index in [-0.39, 0.29) is 0 Å². The van der Waals surface area contributed by atoms with Crippen molar-refractivity contribution >= 4 is 6.29 Å². The molecule has 4 heteroatoms. The maximum Gasteiger partial charge on any atom is 0.228 e. The van der Waals surface area contributed by atoms with Crippen LogP contribution in [0.25, 0.3) is 0 Å². The van der Waals surface area contributed by atoms with Crippen LogP contribution in [0.4, 0.5) is 0 Å². The van der Waals surface area contributed by atoms with Crippen LogP contribution in [-0.4, -0.2) is 16.1 Å². The summed E-state index contributed by atoms with van der Waals surface area (Å²) >= 11 is 0. The zero-order valence-corrected chi connectivity index (χ0v) is 11.0. The molecule has 0 atom stereocenters. The fourth-order valence-corrected chi connectivity index (χ4v) is 1.85. The van der Waals surface area contributed by atoms with E-state index in [9.17, 15) is 4.79 Å². The molecule has 2 aromatic rings. The van der Waals surface area contributed by atoms with Crippen molar-refractivity contribution in [3.05, 3.63) is 40.6 Å². The van der Waals surface area contributed by atoms with E-state index in [0.717, 1.165) is 23.2 Å². The molecule has 0 radical (unpaired) electrons. The average Bonchev–Trinajstić information content (AvgIpc) is 2.59. The van der Waals surface area contributed by atoms with Crippen molar-refractivity contribution < 1.29 is 9.53 Å². The van der Waals surface area contributed by atoms with E-state index in [1.807, 2.05) is 32.0 Å². The Morgan fingerprint density at radius 3 is 2.67 bits per heavy atom. The van der Waals surface area contributed by atoms with Crippen LogP contribution >= 0.6 is 0 Å². The number of benzene rings is 1. The minimum absolute atomic E-state index is 0.483. The van der Waals surface area contributed by atoms with Gasteiger partial charge in [-0.2, -0.15) is 5.10 Å². The molecule has 0 fully saturated rings. The molecule has 0 saturated heterocycles. The first-order chi connectivity index (χ1) is 8.54. The zero-order valence-electron chi connectivity index (χ0n) is 11.0. The number of hydrogen-bond acceptors (Lipinski definition) is 3. The molecule has 1 aromatic carbocycles. The molecular formula is C14H16N2O2. The molecule has 2 rings (SSSR count). The summed E-state index contributed by atoms with van der Waals surface area (Å²) in [6.45, 7) is 5.81. The minimum Gasteiger partial charge on any atom is -0.438 e. The minimum atomic E-state index is 0.483. The number of hydrogen-bond donors (Lipinski definition) is 0. The van der Waals surface area contributed by atoms with Gasteiger partial charge in [0.2, 0.25) is 5.88 Å². The fourth-order valence-electron chi connectivity index (χ4n) is 1.85. The van der Waals surface area contributed by atoms with E-state index in [1.54, 1.807) is 18.7 Å². The Morgan fingerprint density at radius 1 is 1.28 bits per heavy atom. The van der Waals surface area contributed by atoms with E-state index in [1.165, 1.54) is 0 Å². The summed E-state index contributed by atoms with van der Waals surface area (Å²) in [5, 5.41) is 4.19. The molecule has 0 spiro atoms. The summed E-state index contributed by atoms with van der Waals surface area (Å²) in [6, 6.07) is 5.85. The van der Waals surface area contributed by atoms with Gasteiger partial charge in [0.25, 0.3) is 0 Å². The summed E-state index contributed by atoms with van der Waals surface area (Å²) < 4.78 is 7.42. The molecule has 94 valence electrons. The molecular weight excluding hydrogens is 228 g/mol. The Kier molecular flexibility index (Phi) is 3.19. The lowest BCUT2D eigenvalue weighted by Gasteiger charge is -2.10. The van der Waals surface area contributed by atoms with Crippen LogP contribution in [0.1, 0.15) is 27.2 Å². The first kappa shape index (κ1) is 12.4. The summed E-state index contributed by atoms with van der Waals surface area (Å²) in [7, 11) is 1.76. The Balaban J connectivity index is 2.46. The third-order valence-electron chi connectivity index (χ3n) is 3.09. The normalized spacial score (nSPS) is 10.4. The van der Waals surface area contributed by atoms with Gasteiger partial charge in [0.15, 0.2) is 6.29 Å². The van der Waals surface area contributed by atoms with Gasteiger partial charge in [-0.3, -0.25) is 4.79 Å². The van der Waals surface area contributed by atoms with Crippen molar-refractivity contribution in [3.8, 4) is 11.6 Å². The number of carbonyl (C=O) groups is 1. The predicted molar refractivity (Wildman–Crippen MR) is 69.3 cm³/mol. The number of rotatable bonds is 3. The number of carbonyl (C=O) groups excluding carboxylic acids is 1. The third kappa shape index (κ3) is 2.01. The largest absolute Gasteiger partial charge is 0.438 e. The van der Waals surface area contributed by atoms with Gasteiger partial charge in [0, 0.05) is 7.05 Å². The van der Waals surface area contributed by atoms with E-state index in [2.05, 4.69) is 5.10 Å². The van der Waals surface area contributed by atoms with Crippen LogP contribution in [0, 0.1) is 20.8 Å². The second-order valence-corrected chi connectivity index (χ2v) is 4.35. The highest BCUT2D eigenvalue weighted by Gasteiger charge is 2.15. The quantitative estimate of drug-likeness (QED) is 0.780. The van der Waals surface area contributed by atoms with Crippen molar-refractivity contribution in [2.45, 2.75) is 20.8 Å². The van der Waals surface area contributed by atoms with Crippen LogP contribution in [0.5, 0.6) is 11.6 Å². The molecule has 0 saturated carbocycles. The van der Waals surface area contributed by atoms with Gasteiger partial charge in [-0.1, -0.05) is 12.1 Å². The van der Waals surface area contributed by atoms with E-state index >= 15 is 0 Å².